The monoisotopic (exact) mass is 292 g/mol. The number of rotatable bonds is 6. The van der Waals surface area contributed by atoms with Crippen LogP contribution in [0.4, 0.5) is 4.79 Å². The average molecular weight is 292 g/mol. The molecule has 1 aromatic carbocycles. The Balaban J connectivity index is 1.94. The van der Waals surface area contributed by atoms with Crippen LogP contribution in [0.15, 0.2) is 24.3 Å². The molecule has 0 radical (unpaired) electrons. The second-order valence-corrected chi connectivity index (χ2v) is 4.69. The molecule has 0 unspecified atom stereocenters. The first kappa shape index (κ1) is 14.8. The van der Waals surface area contributed by atoms with Gasteiger partial charge < -0.3 is 15.2 Å². The number of imide groups is 1. The van der Waals surface area contributed by atoms with E-state index in [2.05, 4.69) is 5.32 Å². The van der Waals surface area contributed by atoms with E-state index in [0.29, 0.717) is 6.42 Å². The van der Waals surface area contributed by atoms with Crippen LogP contribution in [0.5, 0.6) is 5.75 Å². The van der Waals surface area contributed by atoms with E-state index in [1.807, 2.05) is 12.1 Å². The molecule has 1 saturated heterocycles. The zero-order valence-corrected chi connectivity index (χ0v) is 11.5. The molecule has 7 heteroatoms. The number of benzene rings is 1. The summed E-state index contributed by atoms with van der Waals surface area (Å²) in [6, 6.07) is 5.80. The normalized spacial score (nSPS) is 17.8. The van der Waals surface area contributed by atoms with Crippen molar-refractivity contribution in [1.82, 2.24) is 10.2 Å². The smallest absolute Gasteiger partial charge is 0.324 e. The van der Waals surface area contributed by atoms with Crippen LogP contribution < -0.4 is 10.1 Å². The van der Waals surface area contributed by atoms with Crippen molar-refractivity contribution in [3.63, 3.8) is 0 Å². The van der Waals surface area contributed by atoms with E-state index in [0.717, 1.165) is 16.2 Å². The van der Waals surface area contributed by atoms with Gasteiger partial charge in [0, 0.05) is 6.54 Å². The molecule has 1 aliphatic heterocycles. The lowest BCUT2D eigenvalue weighted by Crippen LogP contribution is -2.34. The van der Waals surface area contributed by atoms with Gasteiger partial charge in [-0.1, -0.05) is 12.1 Å². The summed E-state index contributed by atoms with van der Waals surface area (Å²) < 4.78 is 5.05. The Morgan fingerprint density at radius 2 is 2.00 bits per heavy atom. The number of hydrogen-bond donors (Lipinski definition) is 2. The van der Waals surface area contributed by atoms with Crippen molar-refractivity contribution in [3.05, 3.63) is 29.8 Å². The van der Waals surface area contributed by atoms with Crippen molar-refractivity contribution >= 4 is 17.9 Å². The SMILES string of the molecule is COc1ccc(CCN2C(=O)N[C@@H](CC(=O)O)C2=O)cc1. The maximum absolute atomic E-state index is 11.9. The second kappa shape index (κ2) is 6.25. The highest BCUT2D eigenvalue weighted by Gasteiger charge is 2.38. The van der Waals surface area contributed by atoms with Crippen molar-refractivity contribution in [3.8, 4) is 5.75 Å². The summed E-state index contributed by atoms with van der Waals surface area (Å²) >= 11 is 0. The summed E-state index contributed by atoms with van der Waals surface area (Å²) in [5.41, 5.74) is 0.957. The number of hydrogen-bond acceptors (Lipinski definition) is 4. The van der Waals surface area contributed by atoms with Crippen LogP contribution >= 0.6 is 0 Å². The molecule has 0 aliphatic carbocycles. The molecule has 21 heavy (non-hydrogen) atoms. The fourth-order valence-corrected chi connectivity index (χ4v) is 2.13. The highest BCUT2D eigenvalue weighted by atomic mass is 16.5. The van der Waals surface area contributed by atoms with Crippen LogP contribution in [0.3, 0.4) is 0 Å². The van der Waals surface area contributed by atoms with Gasteiger partial charge in [0.1, 0.15) is 11.8 Å². The average Bonchev–Trinajstić information content (AvgIpc) is 2.71. The Hall–Kier alpha value is -2.57. The largest absolute Gasteiger partial charge is 0.497 e. The van der Waals surface area contributed by atoms with Crippen LogP contribution in [0.1, 0.15) is 12.0 Å². The van der Waals surface area contributed by atoms with Crippen molar-refractivity contribution in [1.29, 1.82) is 0 Å². The first-order chi connectivity index (χ1) is 10.0. The molecule has 112 valence electrons. The zero-order chi connectivity index (χ0) is 15.4. The van der Waals surface area contributed by atoms with E-state index in [9.17, 15) is 14.4 Å². The number of ether oxygens (including phenoxy) is 1. The van der Waals surface area contributed by atoms with E-state index < -0.39 is 30.4 Å². The van der Waals surface area contributed by atoms with Crippen molar-refractivity contribution < 1.29 is 24.2 Å². The molecule has 1 atom stereocenters. The number of carbonyl (C=O) groups is 3. The zero-order valence-electron chi connectivity index (χ0n) is 11.5. The Labute approximate surface area is 121 Å². The molecular formula is C14H16N2O5. The molecule has 0 aromatic heterocycles. The van der Waals surface area contributed by atoms with Crippen molar-refractivity contribution in [2.75, 3.05) is 13.7 Å². The third kappa shape index (κ3) is 3.50. The number of urea groups is 1. The van der Waals surface area contributed by atoms with E-state index in [-0.39, 0.29) is 6.54 Å². The third-order valence-corrected chi connectivity index (χ3v) is 3.27. The summed E-state index contributed by atoms with van der Waals surface area (Å²) in [7, 11) is 1.57. The fraction of sp³-hybridized carbons (Fsp3) is 0.357. The summed E-state index contributed by atoms with van der Waals surface area (Å²) in [4.78, 5) is 35.3. The minimum absolute atomic E-state index is 0.215. The number of methoxy groups -OCH3 is 1. The number of nitrogens with zero attached hydrogens (tertiary/aromatic N) is 1. The van der Waals surface area contributed by atoms with Crippen LogP contribution in [-0.2, 0) is 16.0 Å². The molecule has 3 amide bonds. The molecule has 1 heterocycles. The highest BCUT2D eigenvalue weighted by Crippen LogP contribution is 2.14. The van der Waals surface area contributed by atoms with E-state index in [1.165, 1.54) is 0 Å². The van der Waals surface area contributed by atoms with Gasteiger partial charge in [-0.05, 0) is 24.1 Å². The molecule has 2 N–H and O–H groups in total. The maximum atomic E-state index is 11.9. The van der Waals surface area contributed by atoms with Gasteiger partial charge >= 0.3 is 12.0 Å². The highest BCUT2D eigenvalue weighted by molar-refractivity contribution is 6.05. The Bertz CT molecular complexity index is 555. The predicted molar refractivity (Wildman–Crippen MR) is 73.0 cm³/mol. The third-order valence-electron chi connectivity index (χ3n) is 3.27. The molecule has 1 aromatic rings. The lowest BCUT2D eigenvalue weighted by Gasteiger charge is -2.12. The topological polar surface area (TPSA) is 95.9 Å². The maximum Gasteiger partial charge on any atom is 0.324 e. The first-order valence-corrected chi connectivity index (χ1v) is 6.48. The molecule has 7 nitrogen and oxygen atoms in total. The van der Waals surface area contributed by atoms with E-state index in [1.54, 1.807) is 19.2 Å². The van der Waals surface area contributed by atoms with Gasteiger partial charge in [0.25, 0.3) is 5.91 Å². The van der Waals surface area contributed by atoms with Crippen LogP contribution in [0.25, 0.3) is 0 Å². The summed E-state index contributed by atoms with van der Waals surface area (Å²) in [6.45, 7) is 0.215. The fourth-order valence-electron chi connectivity index (χ4n) is 2.13. The number of carbonyl (C=O) groups excluding carboxylic acids is 2. The first-order valence-electron chi connectivity index (χ1n) is 6.48. The molecule has 0 bridgehead atoms. The van der Waals surface area contributed by atoms with Gasteiger partial charge in [0.15, 0.2) is 0 Å². The summed E-state index contributed by atoms with van der Waals surface area (Å²) in [5.74, 6) is -0.878. The number of nitrogens with one attached hydrogen (secondary N) is 1. The molecule has 2 rings (SSSR count). The van der Waals surface area contributed by atoms with E-state index >= 15 is 0 Å². The van der Waals surface area contributed by atoms with Gasteiger partial charge in [-0.15, -0.1) is 0 Å². The molecule has 1 aliphatic rings. The van der Waals surface area contributed by atoms with Gasteiger partial charge in [-0.2, -0.15) is 0 Å². The van der Waals surface area contributed by atoms with Gasteiger partial charge in [0.05, 0.1) is 13.5 Å². The summed E-state index contributed by atoms with van der Waals surface area (Å²) in [6.07, 6.45) is 0.104. The number of aliphatic carboxylic acids is 1. The van der Waals surface area contributed by atoms with Gasteiger partial charge in [-0.25, -0.2) is 4.79 Å². The quantitative estimate of drug-likeness (QED) is 0.750. The molecule has 0 spiro atoms. The Morgan fingerprint density at radius 1 is 1.33 bits per heavy atom. The number of amides is 3. The van der Waals surface area contributed by atoms with Crippen LogP contribution in [0, 0.1) is 0 Å². The lowest BCUT2D eigenvalue weighted by atomic mass is 10.1. The van der Waals surface area contributed by atoms with Gasteiger partial charge in [-0.3, -0.25) is 14.5 Å². The second-order valence-electron chi connectivity index (χ2n) is 4.69. The molecule has 0 saturated carbocycles. The van der Waals surface area contributed by atoms with Crippen molar-refractivity contribution in [2.45, 2.75) is 18.9 Å². The van der Waals surface area contributed by atoms with E-state index in [4.69, 9.17) is 9.84 Å². The summed E-state index contributed by atoms with van der Waals surface area (Å²) in [5, 5.41) is 11.1. The van der Waals surface area contributed by atoms with Crippen LogP contribution in [0.2, 0.25) is 0 Å². The minimum atomic E-state index is -1.12. The lowest BCUT2D eigenvalue weighted by molar-refractivity contribution is -0.140. The predicted octanol–water partition coefficient (Wildman–Crippen LogP) is 0.633. The number of carboxylic acid groups (broad SMARTS) is 1. The minimum Gasteiger partial charge on any atom is -0.497 e. The Morgan fingerprint density at radius 3 is 2.57 bits per heavy atom. The standard InChI is InChI=1S/C14H16N2O5/c1-21-10-4-2-9(3-5-10)6-7-16-13(19)11(8-12(17)18)15-14(16)20/h2-5,11H,6-8H2,1H3,(H,15,20)(H,17,18)/t11-/m0/s1. The number of carboxylic acids is 1. The van der Waals surface area contributed by atoms with Crippen LogP contribution in [-0.4, -0.2) is 47.6 Å². The van der Waals surface area contributed by atoms with Gasteiger partial charge in [0.2, 0.25) is 0 Å². The molecular weight excluding hydrogens is 276 g/mol. The van der Waals surface area contributed by atoms with Crippen molar-refractivity contribution in [2.24, 2.45) is 0 Å². The molecule has 1 fully saturated rings. The Kier molecular flexibility index (Phi) is 4.42.